The summed E-state index contributed by atoms with van der Waals surface area (Å²) in [5.41, 5.74) is 4.88. The Kier molecular flexibility index (Phi) is 8.40. The number of thiol groups is 4. The molecule has 0 radical (unpaired) electrons. The third kappa shape index (κ3) is 7.33. The number of hydrogen-bond acceptors (Lipinski definition) is 6. The Morgan fingerprint density at radius 1 is 1.42 bits per heavy atom. The quantitative estimate of drug-likeness (QED) is 0.394. The summed E-state index contributed by atoms with van der Waals surface area (Å²) in [5, 5.41) is 0.752. The van der Waals surface area contributed by atoms with E-state index in [0.29, 0.717) is 0 Å². The fourth-order valence-electron chi connectivity index (χ4n) is 0.768. The molecule has 0 spiro atoms. The third-order valence-corrected chi connectivity index (χ3v) is 17.1. The van der Waals surface area contributed by atoms with E-state index in [1.807, 2.05) is 0 Å². The van der Waals surface area contributed by atoms with Crippen LogP contribution < -0.4 is 5.73 Å². The van der Waals surface area contributed by atoms with Gasteiger partial charge in [-0.05, 0) is 0 Å². The van der Waals surface area contributed by atoms with E-state index in [-0.39, 0.29) is 4.70 Å². The molecule has 0 saturated heterocycles. The number of hydrogen-bond donors (Lipinski definition) is 5. The molecule has 0 rings (SSSR count). The van der Waals surface area contributed by atoms with Gasteiger partial charge in [0.1, 0.15) is 0 Å². The number of ether oxygens (including phenoxy) is 1. The van der Waals surface area contributed by atoms with Crippen molar-refractivity contribution in [2.75, 3.05) is 0 Å². The summed E-state index contributed by atoms with van der Waals surface area (Å²) < 4.78 is 4.69. The first-order valence-electron chi connectivity index (χ1n) is 3.51. The molecular weight excluding hydrogens is 341 g/mol. The molecule has 0 aliphatic rings. The van der Waals surface area contributed by atoms with Crippen molar-refractivity contribution >= 4 is 48.6 Å². The Morgan fingerprint density at radius 3 is 2.17 bits per heavy atom. The SMILES string of the molecule is NC(=O)O[CH]([CH2][Zn]([SH])[SH])[Zn]([SH])[SH]. The number of amides is 1. The van der Waals surface area contributed by atoms with Crippen molar-refractivity contribution in [1.82, 2.24) is 0 Å². The molecule has 1 unspecified atom stereocenters. The Bertz CT molecular complexity index is 157. The van der Waals surface area contributed by atoms with Crippen LogP contribution in [0.4, 0.5) is 4.79 Å². The van der Waals surface area contributed by atoms with Gasteiger partial charge in [0.2, 0.25) is 0 Å². The van der Waals surface area contributed by atoms with Crippen LogP contribution in [-0.2, 0) is 31.8 Å². The van der Waals surface area contributed by atoms with Crippen LogP contribution >= 0.6 is 42.5 Å². The van der Waals surface area contributed by atoms with Crippen molar-refractivity contribution < 1.29 is 36.6 Å². The maximum atomic E-state index is 10.4. The van der Waals surface area contributed by atoms with Crippen molar-refractivity contribution in [2.45, 2.75) is 9.71 Å². The second-order valence-corrected chi connectivity index (χ2v) is 30.4. The fraction of sp³-hybridized carbons (Fsp3) is 0.667. The van der Waals surface area contributed by atoms with Gasteiger partial charge in [-0.3, -0.25) is 0 Å². The zero-order chi connectivity index (χ0) is 9.72. The van der Waals surface area contributed by atoms with Crippen LogP contribution in [0.25, 0.3) is 0 Å². The topological polar surface area (TPSA) is 52.3 Å². The molecule has 66 valence electrons. The van der Waals surface area contributed by atoms with Crippen molar-refractivity contribution in [3.63, 3.8) is 0 Å². The number of nitrogens with two attached hydrogens (primary N) is 1. The molecule has 0 heterocycles. The average molecular weight is 350 g/mol. The van der Waals surface area contributed by atoms with E-state index in [2.05, 4.69) is 42.5 Å². The van der Waals surface area contributed by atoms with Gasteiger partial charge in [-0.2, -0.15) is 0 Å². The molecule has 0 aromatic rings. The Labute approximate surface area is 99.4 Å². The van der Waals surface area contributed by atoms with E-state index in [4.69, 9.17) is 10.5 Å². The Morgan fingerprint density at radius 2 is 1.92 bits per heavy atom. The van der Waals surface area contributed by atoms with E-state index in [1.165, 1.54) is 0 Å². The van der Waals surface area contributed by atoms with Crippen molar-refractivity contribution in [3.8, 4) is 0 Å². The van der Waals surface area contributed by atoms with Crippen LogP contribution in [-0.4, -0.2) is 10.8 Å². The first kappa shape index (κ1) is 13.9. The maximum absolute atomic E-state index is 10.4. The van der Waals surface area contributed by atoms with Gasteiger partial charge < -0.3 is 0 Å². The second kappa shape index (κ2) is 7.24. The van der Waals surface area contributed by atoms with Crippen molar-refractivity contribution in [1.29, 1.82) is 0 Å². The number of carbonyl (C=O) groups is 1. The molecule has 3 nitrogen and oxygen atoms in total. The zero-order valence-corrected chi connectivity index (χ0v) is 15.9. The summed E-state index contributed by atoms with van der Waals surface area (Å²) in [6.07, 6.45) is -0.752. The van der Waals surface area contributed by atoms with Gasteiger partial charge in [0.05, 0.1) is 0 Å². The molecule has 0 aromatic heterocycles. The average Bonchev–Trinajstić information content (AvgIpc) is 1.83. The molecule has 9 heteroatoms. The van der Waals surface area contributed by atoms with Gasteiger partial charge in [0.15, 0.2) is 0 Å². The molecule has 0 bridgehead atoms. The minimum atomic E-state index is -2.20. The summed E-state index contributed by atoms with van der Waals surface area (Å²) >= 11 is -4.14. The summed E-state index contributed by atoms with van der Waals surface area (Å²) in [5.74, 6) is 0. The predicted octanol–water partition coefficient (Wildman–Crippen LogP) is 1.44. The summed E-state index contributed by atoms with van der Waals surface area (Å²) in [7, 11) is 17.0. The van der Waals surface area contributed by atoms with E-state index < -0.39 is 33.1 Å². The number of rotatable bonds is 4. The molecule has 12 heavy (non-hydrogen) atoms. The van der Waals surface area contributed by atoms with Crippen LogP contribution in [0, 0.1) is 0 Å². The van der Waals surface area contributed by atoms with Crippen LogP contribution in [0.15, 0.2) is 0 Å². The van der Waals surface area contributed by atoms with E-state index in [9.17, 15) is 4.79 Å². The molecule has 1 amide bonds. The number of carbonyl (C=O) groups excluding carboxylic acids is 1. The predicted molar refractivity (Wildman–Crippen MR) is 55.2 cm³/mol. The molecule has 0 aromatic carbocycles. The van der Waals surface area contributed by atoms with E-state index in [0.717, 1.165) is 5.02 Å². The normalized spacial score (nSPS) is 12.0. The standard InChI is InChI=1S/C3H5NO2.4H2S.2Zn/c1-2-6-3(4)5;;;;;;/h2H,1H2,(H2,4,5);4*1H2;;/q;;;;;2*+2/p-4. The second-order valence-electron chi connectivity index (χ2n) is 2.44. The van der Waals surface area contributed by atoms with Gasteiger partial charge in [-0.15, -0.1) is 0 Å². The molecular formula is C3H9NO2S4Zn2. The Balaban J connectivity index is 3.95. The summed E-state index contributed by atoms with van der Waals surface area (Å²) in [4.78, 5) is 10.4. The minimum absolute atomic E-state index is 0.163. The molecule has 2 N–H and O–H groups in total. The molecule has 0 saturated carbocycles. The Hall–Kier alpha value is 1.92. The monoisotopic (exact) mass is 347 g/mol. The number of primary amides is 1. The van der Waals surface area contributed by atoms with Crippen LogP contribution in [0.1, 0.15) is 0 Å². The molecule has 0 aliphatic carbocycles. The molecule has 0 aliphatic heterocycles. The first-order valence-corrected chi connectivity index (χ1v) is 25.8. The van der Waals surface area contributed by atoms with Gasteiger partial charge >= 0.3 is 101 Å². The third-order valence-electron chi connectivity index (χ3n) is 1.27. The summed E-state index contributed by atoms with van der Waals surface area (Å²) in [6, 6.07) is 0. The first-order chi connectivity index (χ1) is 5.43. The van der Waals surface area contributed by atoms with Gasteiger partial charge in [0.25, 0.3) is 0 Å². The van der Waals surface area contributed by atoms with Gasteiger partial charge in [0, 0.05) is 0 Å². The van der Waals surface area contributed by atoms with E-state index in [1.54, 1.807) is 0 Å². The van der Waals surface area contributed by atoms with Crippen LogP contribution in [0.3, 0.4) is 0 Å². The van der Waals surface area contributed by atoms with Gasteiger partial charge in [-0.1, -0.05) is 0 Å². The van der Waals surface area contributed by atoms with E-state index >= 15 is 0 Å². The van der Waals surface area contributed by atoms with Crippen molar-refractivity contribution in [2.24, 2.45) is 5.73 Å². The fourth-order valence-corrected chi connectivity index (χ4v) is 33.2. The molecule has 1 atom stereocenters. The van der Waals surface area contributed by atoms with Crippen LogP contribution in [0.5, 0.6) is 0 Å². The van der Waals surface area contributed by atoms with Crippen molar-refractivity contribution in [3.05, 3.63) is 0 Å². The van der Waals surface area contributed by atoms with Crippen LogP contribution in [0.2, 0.25) is 5.02 Å². The van der Waals surface area contributed by atoms with Gasteiger partial charge in [-0.25, -0.2) is 0 Å². The zero-order valence-electron chi connectivity index (χ0n) is 6.38. The molecule has 0 fully saturated rings. The summed E-state index contributed by atoms with van der Waals surface area (Å²) in [6.45, 7) is 0.